The largest absolute Gasteiger partial charge is 0.384 e. The number of hydrogen-bond acceptors (Lipinski definition) is 3. The van der Waals surface area contributed by atoms with Crippen molar-refractivity contribution in [1.82, 2.24) is 15.1 Å². The molecule has 4 nitrogen and oxygen atoms in total. The Kier molecular flexibility index (Phi) is 4.50. The second-order valence-electron chi connectivity index (χ2n) is 4.80. The van der Waals surface area contributed by atoms with E-state index in [1.807, 2.05) is 17.8 Å². The Balaban J connectivity index is 2.65. The first-order valence-corrected chi connectivity index (χ1v) is 5.94. The van der Waals surface area contributed by atoms with E-state index in [1.54, 1.807) is 6.20 Å². The molecule has 0 saturated heterocycles. The molecule has 0 spiro atoms. The maximum atomic E-state index is 10.3. The molecule has 1 aromatic heterocycles. The molecular formula is C12H23N3O. The minimum absolute atomic E-state index is 0.372. The van der Waals surface area contributed by atoms with Gasteiger partial charge in [0.25, 0.3) is 0 Å². The van der Waals surface area contributed by atoms with Crippen molar-refractivity contribution in [3.05, 3.63) is 18.0 Å². The third-order valence-electron chi connectivity index (χ3n) is 2.56. The third-order valence-corrected chi connectivity index (χ3v) is 2.56. The molecule has 92 valence electrons. The first-order chi connectivity index (χ1) is 7.45. The number of hydrogen-bond donors (Lipinski definition) is 2. The Hall–Kier alpha value is -0.870. The van der Waals surface area contributed by atoms with Gasteiger partial charge in [-0.25, -0.2) is 0 Å². The van der Waals surface area contributed by atoms with Gasteiger partial charge in [0.05, 0.1) is 6.20 Å². The van der Waals surface area contributed by atoms with Crippen LogP contribution >= 0.6 is 0 Å². The van der Waals surface area contributed by atoms with Crippen LogP contribution in [0, 0.1) is 0 Å². The van der Waals surface area contributed by atoms with E-state index in [4.69, 9.17) is 0 Å². The van der Waals surface area contributed by atoms with Crippen molar-refractivity contribution in [2.75, 3.05) is 6.54 Å². The lowest BCUT2D eigenvalue weighted by Gasteiger charge is -2.23. The Bertz CT molecular complexity index is 318. The molecular weight excluding hydrogens is 202 g/mol. The molecule has 1 heterocycles. The van der Waals surface area contributed by atoms with Crippen LogP contribution in [-0.4, -0.2) is 27.5 Å². The van der Waals surface area contributed by atoms with E-state index in [9.17, 15) is 5.11 Å². The van der Waals surface area contributed by atoms with Gasteiger partial charge in [0.2, 0.25) is 0 Å². The molecule has 0 bridgehead atoms. The smallest absolute Gasteiger partial charge is 0.102 e. The van der Waals surface area contributed by atoms with E-state index in [-0.39, 0.29) is 0 Å². The third kappa shape index (κ3) is 3.61. The maximum Gasteiger partial charge on any atom is 0.102 e. The van der Waals surface area contributed by atoms with Crippen LogP contribution in [0.15, 0.2) is 12.4 Å². The fourth-order valence-corrected chi connectivity index (χ4v) is 1.50. The molecule has 4 heteroatoms. The molecule has 0 saturated carbocycles. The lowest BCUT2D eigenvalue weighted by atomic mass is 9.99. The number of aliphatic hydroxyl groups is 1. The Morgan fingerprint density at radius 3 is 2.81 bits per heavy atom. The van der Waals surface area contributed by atoms with Crippen LogP contribution in [0.3, 0.4) is 0 Å². The summed E-state index contributed by atoms with van der Waals surface area (Å²) in [6.45, 7) is 9.50. The number of nitrogens with one attached hydrogen (secondary N) is 1. The van der Waals surface area contributed by atoms with Crippen molar-refractivity contribution in [3.8, 4) is 0 Å². The standard InChI is InChI=1S/C12H23N3O/c1-5-6-15-8-11(7-14-15)12(4,16)9-13-10(2)3/h7-8,10,13,16H,5-6,9H2,1-4H3. The molecule has 2 N–H and O–H groups in total. The van der Waals surface area contributed by atoms with Gasteiger partial charge in [0, 0.05) is 30.9 Å². The molecule has 1 atom stereocenters. The van der Waals surface area contributed by atoms with E-state index in [1.165, 1.54) is 0 Å². The zero-order valence-electron chi connectivity index (χ0n) is 10.7. The Morgan fingerprint density at radius 2 is 2.25 bits per heavy atom. The molecule has 0 radical (unpaired) electrons. The fraction of sp³-hybridized carbons (Fsp3) is 0.750. The molecule has 0 aromatic carbocycles. The van der Waals surface area contributed by atoms with Gasteiger partial charge in [0.1, 0.15) is 5.60 Å². The van der Waals surface area contributed by atoms with Gasteiger partial charge in [-0.05, 0) is 13.3 Å². The van der Waals surface area contributed by atoms with Crippen molar-refractivity contribution in [2.45, 2.75) is 52.3 Å². The molecule has 1 aromatic rings. The summed E-state index contributed by atoms with van der Waals surface area (Å²) in [5.41, 5.74) is 0.0186. The summed E-state index contributed by atoms with van der Waals surface area (Å²) in [4.78, 5) is 0. The molecule has 0 aliphatic heterocycles. The van der Waals surface area contributed by atoms with Crippen molar-refractivity contribution in [1.29, 1.82) is 0 Å². The average molecular weight is 225 g/mol. The molecule has 0 aliphatic rings. The van der Waals surface area contributed by atoms with E-state index in [0.29, 0.717) is 12.6 Å². The summed E-state index contributed by atoms with van der Waals surface area (Å²) in [6, 6.07) is 0.372. The summed E-state index contributed by atoms with van der Waals surface area (Å²) in [7, 11) is 0. The molecule has 1 rings (SSSR count). The van der Waals surface area contributed by atoms with E-state index in [0.717, 1.165) is 18.5 Å². The van der Waals surface area contributed by atoms with Crippen LogP contribution in [0.4, 0.5) is 0 Å². The topological polar surface area (TPSA) is 50.1 Å². The number of aryl methyl sites for hydroxylation is 1. The van der Waals surface area contributed by atoms with Gasteiger partial charge >= 0.3 is 0 Å². The normalized spacial score (nSPS) is 15.4. The van der Waals surface area contributed by atoms with Crippen molar-refractivity contribution in [3.63, 3.8) is 0 Å². The predicted molar refractivity (Wildman–Crippen MR) is 65.2 cm³/mol. The van der Waals surface area contributed by atoms with Crippen LogP contribution in [0.25, 0.3) is 0 Å². The SMILES string of the molecule is CCCn1cc(C(C)(O)CNC(C)C)cn1. The minimum Gasteiger partial charge on any atom is -0.384 e. The summed E-state index contributed by atoms with van der Waals surface area (Å²) >= 11 is 0. The van der Waals surface area contributed by atoms with Crippen LogP contribution in [-0.2, 0) is 12.1 Å². The Morgan fingerprint density at radius 1 is 1.56 bits per heavy atom. The average Bonchev–Trinajstić information content (AvgIpc) is 2.65. The van der Waals surface area contributed by atoms with Crippen molar-refractivity contribution in [2.24, 2.45) is 0 Å². The zero-order valence-corrected chi connectivity index (χ0v) is 10.7. The van der Waals surface area contributed by atoms with Gasteiger partial charge < -0.3 is 10.4 Å². The van der Waals surface area contributed by atoms with E-state index >= 15 is 0 Å². The highest BCUT2D eigenvalue weighted by molar-refractivity contribution is 5.14. The lowest BCUT2D eigenvalue weighted by Crippen LogP contribution is -2.38. The number of aromatic nitrogens is 2. The highest BCUT2D eigenvalue weighted by Crippen LogP contribution is 2.19. The summed E-state index contributed by atoms with van der Waals surface area (Å²) in [5, 5.41) is 17.8. The number of rotatable bonds is 6. The lowest BCUT2D eigenvalue weighted by molar-refractivity contribution is 0.0548. The molecule has 0 aliphatic carbocycles. The predicted octanol–water partition coefficient (Wildman–Crippen LogP) is 1.50. The monoisotopic (exact) mass is 225 g/mol. The molecule has 0 fully saturated rings. The highest BCUT2D eigenvalue weighted by atomic mass is 16.3. The van der Waals surface area contributed by atoms with Crippen LogP contribution in [0.5, 0.6) is 0 Å². The molecule has 1 unspecified atom stereocenters. The summed E-state index contributed by atoms with van der Waals surface area (Å²) in [5.74, 6) is 0. The quantitative estimate of drug-likeness (QED) is 0.771. The highest BCUT2D eigenvalue weighted by Gasteiger charge is 2.24. The first kappa shape index (κ1) is 13.2. The van der Waals surface area contributed by atoms with E-state index in [2.05, 4.69) is 31.2 Å². The summed E-state index contributed by atoms with van der Waals surface area (Å²) in [6.07, 6.45) is 4.72. The summed E-state index contributed by atoms with van der Waals surface area (Å²) < 4.78 is 1.87. The van der Waals surface area contributed by atoms with Crippen LogP contribution in [0.1, 0.15) is 39.7 Å². The second-order valence-corrected chi connectivity index (χ2v) is 4.80. The molecule has 0 amide bonds. The van der Waals surface area contributed by atoms with E-state index < -0.39 is 5.60 Å². The second kappa shape index (κ2) is 5.46. The first-order valence-electron chi connectivity index (χ1n) is 5.94. The van der Waals surface area contributed by atoms with Gasteiger partial charge in [-0.3, -0.25) is 4.68 Å². The van der Waals surface area contributed by atoms with Crippen LogP contribution in [0.2, 0.25) is 0 Å². The van der Waals surface area contributed by atoms with Gasteiger partial charge in [-0.1, -0.05) is 20.8 Å². The van der Waals surface area contributed by atoms with Gasteiger partial charge in [-0.2, -0.15) is 5.10 Å². The van der Waals surface area contributed by atoms with Gasteiger partial charge in [0.15, 0.2) is 0 Å². The van der Waals surface area contributed by atoms with Crippen LogP contribution < -0.4 is 5.32 Å². The fourth-order valence-electron chi connectivity index (χ4n) is 1.50. The molecule has 16 heavy (non-hydrogen) atoms. The van der Waals surface area contributed by atoms with Crippen molar-refractivity contribution < 1.29 is 5.11 Å². The maximum absolute atomic E-state index is 10.3. The zero-order chi connectivity index (χ0) is 12.2. The van der Waals surface area contributed by atoms with Gasteiger partial charge in [-0.15, -0.1) is 0 Å². The minimum atomic E-state index is -0.851. The Labute approximate surface area is 97.7 Å². The van der Waals surface area contributed by atoms with Crippen molar-refractivity contribution >= 4 is 0 Å². The number of nitrogens with zero attached hydrogens (tertiary/aromatic N) is 2.